The molecular weight excluding hydrogens is 186 g/mol. The maximum atomic E-state index is 6.26. The van der Waals surface area contributed by atoms with Gasteiger partial charge in [-0.1, -0.05) is 12.1 Å². The minimum Gasteiger partial charge on any atom is -0.343 e. The monoisotopic (exact) mass is 199 g/mol. The Balaban J connectivity index is 2.27. The fraction of sp³-hybridized carbons (Fsp3) is 0.750. The molecule has 0 radical (unpaired) electrons. The van der Waals surface area contributed by atoms with Crippen molar-refractivity contribution in [1.29, 1.82) is 0 Å². The van der Waals surface area contributed by atoms with Gasteiger partial charge in [0.2, 0.25) is 6.39 Å². The zero-order valence-corrected chi connectivity index (χ0v) is 8.38. The van der Waals surface area contributed by atoms with Crippen molar-refractivity contribution in [3.8, 4) is 0 Å². The van der Waals surface area contributed by atoms with Gasteiger partial charge in [0.15, 0.2) is 5.82 Å². The highest BCUT2D eigenvalue weighted by atomic mass is 32.2. The standard InChI is InChI=1S/C8H13N3OS/c1-6-8(9,3-2-4-13-6)7-10-5-12-11-7/h5-6H,2-4,9H2,1H3. The highest BCUT2D eigenvalue weighted by Gasteiger charge is 2.40. The number of rotatable bonds is 1. The van der Waals surface area contributed by atoms with E-state index in [0.29, 0.717) is 11.1 Å². The van der Waals surface area contributed by atoms with E-state index in [1.165, 1.54) is 12.1 Å². The van der Waals surface area contributed by atoms with Gasteiger partial charge in [0.1, 0.15) is 0 Å². The Labute approximate surface area is 81.3 Å². The number of hydrogen-bond donors (Lipinski definition) is 1. The van der Waals surface area contributed by atoms with Gasteiger partial charge in [-0.3, -0.25) is 0 Å². The normalized spacial score (nSPS) is 34.8. The second-order valence-electron chi connectivity index (χ2n) is 3.41. The number of hydrogen-bond acceptors (Lipinski definition) is 5. The van der Waals surface area contributed by atoms with Gasteiger partial charge in [-0.05, 0) is 18.6 Å². The van der Waals surface area contributed by atoms with Crippen LogP contribution in [0.3, 0.4) is 0 Å². The molecule has 1 saturated heterocycles. The molecule has 2 heterocycles. The maximum absolute atomic E-state index is 6.26. The molecule has 1 aromatic heterocycles. The van der Waals surface area contributed by atoms with Crippen molar-refractivity contribution < 1.29 is 4.52 Å². The van der Waals surface area contributed by atoms with Crippen molar-refractivity contribution >= 4 is 11.8 Å². The largest absolute Gasteiger partial charge is 0.343 e. The van der Waals surface area contributed by atoms with E-state index in [1.807, 2.05) is 11.8 Å². The van der Waals surface area contributed by atoms with E-state index in [9.17, 15) is 0 Å². The van der Waals surface area contributed by atoms with Crippen LogP contribution in [0.25, 0.3) is 0 Å². The fourth-order valence-electron chi connectivity index (χ4n) is 1.65. The molecule has 1 aromatic rings. The summed E-state index contributed by atoms with van der Waals surface area (Å²) >= 11 is 1.88. The second kappa shape index (κ2) is 3.31. The van der Waals surface area contributed by atoms with Crippen LogP contribution in [0.15, 0.2) is 10.9 Å². The lowest BCUT2D eigenvalue weighted by Gasteiger charge is -2.35. The Bertz CT molecular complexity index is 277. The van der Waals surface area contributed by atoms with Crippen LogP contribution >= 0.6 is 11.8 Å². The first-order valence-corrected chi connectivity index (χ1v) is 5.46. The van der Waals surface area contributed by atoms with E-state index >= 15 is 0 Å². The van der Waals surface area contributed by atoms with Crippen LogP contribution in [0.2, 0.25) is 0 Å². The molecule has 72 valence electrons. The maximum Gasteiger partial charge on any atom is 0.213 e. The van der Waals surface area contributed by atoms with Crippen molar-refractivity contribution in [3.05, 3.63) is 12.2 Å². The minimum atomic E-state index is -0.393. The zero-order chi connectivity index (χ0) is 9.31. The van der Waals surface area contributed by atoms with E-state index < -0.39 is 5.54 Å². The quantitative estimate of drug-likeness (QED) is 0.734. The zero-order valence-electron chi connectivity index (χ0n) is 7.56. The van der Waals surface area contributed by atoms with Gasteiger partial charge < -0.3 is 10.3 Å². The molecule has 2 unspecified atom stereocenters. The SMILES string of the molecule is CC1SCCCC1(N)c1ncon1. The van der Waals surface area contributed by atoms with Gasteiger partial charge in [-0.15, -0.1) is 0 Å². The highest BCUT2D eigenvalue weighted by molar-refractivity contribution is 8.00. The van der Waals surface area contributed by atoms with Crippen molar-refractivity contribution in [2.24, 2.45) is 5.73 Å². The molecule has 4 nitrogen and oxygen atoms in total. The van der Waals surface area contributed by atoms with Crippen LogP contribution in [-0.2, 0) is 5.54 Å². The second-order valence-corrected chi connectivity index (χ2v) is 4.86. The Morgan fingerprint density at radius 2 is 2.62 bits per heavy atom. The number of aromatic nitrogens is 2. The first kappa shape index (κ1) is 9.02. The van der Waals surface area contributed by atoms with Crippen molar-refractivity contribution in [1.82, 2.24) is 10.1 Å². The molecule has 0 bridgehead atoms. The average Bonchev–Trinajstić information content (AvgIpc) is 2.63. The van der Waals surface area contributed by atoms with Gasteiger partial charge in [-0.25, -0.2) is 0 Å². The Morgan fingerprint density at radius 1 is 1.77 bits per heavy atom. The molecule has 5 heteroatoms. The number of thioether (sulfide) groups is 1. The lowest BCUT2D eigenvalue weighted by atomic mass is 9.90. The summed E-state index contributed by atoms with van der Waals surface area (Å²) in [4.78, 5) is 4.05. The smallest absolute Gasteiger partial charge is 0.213 e. The molecule has 1 fully saturated rings. The summed E-state index contributed by atoms with van der Waals surface area (Å²) < 4.78 is 4.73. The van der Waals surface area contributed by atoms with Crippen LogP contribution in [0.1, 0.15) is 25.6 Å². The van der Waals surface area contributed by atoms with Crippen LogP contribution < -0.4 is 5.73 Å². The van der Waals surface area contributed by atoms with E-state index in [1.54, 1.807) is 0 Å². The lowest BCUT2D eigenvalue weighted by molar-refractivity contribution is 0.336. The third-order valence-corrected chi connectivity index (χ3v) is 4.05. The summed E-state index contributed by atoms with van der Waals surface area (Å²) in [5.41, 5.74) is 5.87. The summed E-state index contributed by atoms with van der Waals surface area (Å²) in [5, 5.41) is 4.20. The number of nitrogens with zero attached hydrogens (tertiary/aromatic N) is 2. The van der Waals surface area contributed by atoms with E-state index in [-0.39, 0.29) is 0 Å². The summed E-state index contributed by atoms with van der Waals surface area (Å²) in [5.74, 6) is 1.82. The van der Waals surface area contributed by atoms with Crippen molar-refractivity contribution in [3.63, 3.8) is 0 Å². The molecule has 2 rings (SSSR count). The number of nitrogens with two attached hydrogens (primary N) is 1. The summed E-state index contributed by atoms with van der Waals surface area (Å²) in [6.45, 7) is 2.13. The van der Waals surface area contributed by atoms with Gasteiger partial charge in [0.05, 0.1) is 5.54 Å². The molecule has 0 spiro atoms. The molecule has 1 aliphatic rings. The molecule has 2 N–H and O–H groups in total. The first-order valence-electron chi connectivity index (χ1n) is 4.41. The third-order valence-electron chi connectivity index (χ3n) is 2.61. The molecule has 13 heavy (non-hydrogen) atoms. The molecule has 0 aliphatic carbocycles. The van der Waals surface area contributed by atoms with Crippen LogP contribution in [-0.4, -0.2) is 21.1 Å². The minimum absolute atomic E-state index is 0.360. The van der Waals surface area contributed by atoms with Crippen LogP contribution in [0, 0.1) is 0 Å². The van der Waals surface area contributed by atoms with Gasteiger partial charge in [0.25, 0.3) is 0 Å². The van der Waals surface area contributed by atoms with Crippen molar-refractivity contribution in [2.45, 2.75) is 30.6 Å². The fourth-order valence-corrected chi connectivity index (χ4v) is 2.83. The predicted molar refractivity (Wildman–Crippen MR) is 51.3 cm³/mol. The Morgan fingerprint density at radius 3 is 3.23 bits per heavy atom. The molecule has 0 amide bonds. The molecule has 1 aliphatic heterocycles. The lowest BCUT2D eigenvalue weighted by Crippen LogP contribution is -2.48. The topological polar surface area (TPSA) is 64.9 Å². The first-order chi connectivity index (χ1) is 6.23. The third kappa shape index (κ3) is 1.46. The Hall–Kier alpha value is -0.550. The van der Waals surface area contributed by atoms with Gasteiger partial charge in [-0.2, -0.15) is 16.7 Å². The summed E-state index contributed by atoms with van der Waals surface area (Å²) in [6.07, 6.45) is 3.41. The van der Waals surface area contributed by atoms with Crippen LogP contribution in [0.4, 0.5) is 0 Å². The summed E-state index contributed by atoms with van der Waals surface area (Å²) in [7, 11) is 0. The molecule has 0 saturated carbocycles. The molecular formula is C8H13N3OS. The molecule has 0 aromatic carbocycles. The Kier molecular flexibility index (Phi) is 2.29. The van der Waals surface area contributed by atoms with Gasteiger partial charge >= 0.3 is 0 Å². The molecule has 2 atom stereocenters. The van der Waals surface area contributed by atoms with E-state index in [4.69, 9.17) is 10.3 Å². The van der Waals surface area contributed by atoms with Crippen LogP contribution in [0.5, 0.6) is 0 Å². The highest BCUT2D eigenvalue weighted by Crippen LogP contribution is 2.37. The van der Waals surface area contributed by atoms with Gasteiger partial charge in [0, 0.05) is 5.25 Å². The predicted octanol–water partition coefficient (Wildman–Crippen LogP) is 1.14. The average molecular weight is 199 g/mol. The van der Waals surface area contributed by atoms with E-state index in [2.05, 4.69) is 17.1 Å². The summed E-state index contributed by atoms with van der Waals surface area (Å²) in [6, 6.07) is 0. The van der Waals surface area contributed by atoms with Crippen molar-refractivity contribution in [2.75, 3.05) is 5.75 Å². The van der Waals surface area contributed by atoms with E-state index in [0.717, 1.165) is 12.8 Å².